The molecular weight excluding hydrogens is 476 g/mol. The third-order valence-corrected chi connectivity index (χ3v) is 5.53. The van der Waals surface area contributed by atoms with Crippen LogP contribution < -0.4 is 14.9 Å². The number of carbonyl (C=O) groups excluding carboxylic acids is 1. The van der Waals surface area contributed by atoms with Crippen molar-refractivity contribution in [3.63, 3.8) is 0 Å². The summed E-state index contributed by atoms with van der Waals surface area (Å²) in [4.78, 5) is 25.5. The van der Waals surface area contributed by atoms with E-state index in [2.05, 4.69) is 15.9 Å². The van der Waals surface area contributed by atoms with Crippen LogP contribution in [0.25, 0.3) is 33.1 Å². The summed E-state index contributed by atoms with van der Waals surface area (Å²) in [6.07, 6.45) is 1.40. The first-order valence-electron chi connectivity index (χ1n) is 9.63. The molecule has 6 nitrogen and oxygen atoms in total. The normalized spacial score (nSPS) is 11.1. The number of carbonyl (C=O) groups is 1. The van der Waals surface area contributed by atoms with E-state index in [1.165, 1.54) is 12.3 Å². The highest BCUT2D eigenvalue weighted by Gasteiger charge is 2.16. The maximum absolute atomic E-state index is 12.9. The first-order chi connectivity index (χ1) is 15.5. The number of rotatable bonds is 4. The first kappa shape index (κ1) is 20.1. The van der Waals surface area contributed by atoms with Gasteiger partial charge in [0.1, 0.15) is 28.9 Å². The van der Waals surface area contributed by atoms with E-state index >= 15 is 0 Å². The SMILES string of the molecule is COc1ccc(-c2coc3cc(OC(=O)c4cc5cc(Br)ccc5o4)ccc3c2=O)cc1. The van der Waals surface area contributed by atoms with Crippen LogP contribution >= 0.6 is 15.9 Å². The van der Waals surface area contributed by atoms with Crippen LogP contribution in [0.4, 0.5) is 0 Å². The van der Waals surface area contributed by atoms with E-state index in [1.54, 1.807) is 55.6 Å². The minimum Gasteiger partial charge on any atom is -0.497 e. The molecule has 0 amide bonds. The topological polar surface area (TPSA) is 78.9 Å². The molecule has 7 heteroatoms. The van der Waals surface area contributed by atoms with Gasteiger partial charge in [-0.3, -0.25) is 4.79 Å². The van der Waals surface area contributed by atoms with Crippen molar-refractivity contribution in [2.24, 2.45) is 0 Å². The zero-order valence-electron chi connectivity index (χ0n) is 16.8. The predicted molar refractivity (Wildman–Crippen MR) is 123 cm³/mol. The Morgan fingerprint density at radius 3 is 2.47 bits per heavy atom. The summed E-state index contributed by atoms with van der Waals surface area (Å²) in [7, 11) is 1.58. The van der Waals surface area contributed by atoms with E-state index in [0.717, 1.165) is 9.86 Å². The molecule has 0 spiro atoms. The van der Waals surface area contributed by atoms with Crippen molar-refractivity contribution in [3.8, 4) is 22.6 Å². The minimum atomic E-state index is -0.645. The van der Waals surface area contributed by atoms with E-state index in [-0.39, 0.29) is 16.9 Å². The lowest BCUT2D eigenvalue weighted by atomic mass is 10.1. The molecule has 0 saturated carbocycles. The number of benzene rings is 3. The van der Waals surface area contributed by atoms with E-state index in [0.29, 0.717) is 33.4 Å². The maximum atomic E-state index is 12.9. The fraction of sp³-hybridized carbons (Fsp3) is 0.0400. The predicted octanol–water partition coefficient (Wildman–Crippen LogP) is 6.20. The molecule has 0 bridgehead atoms. The second-order valence-corrected chi connectivity index (χ2v) is 7.96. The third-order valence-electron chi connectivity index (χ3n) is 5.04. The molecule has 0 aliphatic carbocycles. The summed E-state index contributed by atoms with van der Waals surface area (Å²) in [6.45, 7) is 0. The second-order valence-electron chi connectivity index (χ2n) is 7.05. The van der Waals surface area contributed by atoms with Gasteiger partial charge < -0.3 is 18.3 Å². The molecule has 158 valence electrons. The fourth-order valence-electron chi connectivity index (χ4n) is 3.41. The van der Waals surface area contributed by atoms with Crippen LogP contribution in [0.15, 0.2) is 91.1 Å². The van der Waals surface area contributed by atoms with Crippen LogP contribution in [0.1, 0.15) is 10.6 Å². The van der Waals surface area contributed by atoms with Crippen LogP contribution in [0.5, 0.6) is 11.5 Å². The Hall–Kier alpha value is -3.84. The van der Waals surface area contributed by atoms with Gasteiger partial charge in [-0.25, -0.2) is 4.79 Å². The molecule has 2 aromatic heterocycles. The largest absolute Gasteiger partial charge is 0.497 e. The summed E-state index contributed by atoms with van der Waals surface area (Å²) in [5.74, 6) is 0.371. The van der Waals surface area contributed by atoms with Crippen LogP contribution in [-0.4, -0.2) is 13.1 Å². The lowest BCUT2D eigenvalue weighted by molar-refractivity contribution is 0.0704. The number of methoxy groups -OCH3 is 1. The highest BCUT2D eigenvalue weighted by Crippen LogP contribution is 2.27. The zero-order valence-corrected chi connectivity index (χ0v) is 18.3. The lowest BCUT2D eigenvalue weighted by Crippen LogP contribution is -2.08. The van der Waals surface area contributed by atoms with Gasteiger partial charge in [-0.15, -0.1) is 0 Å². The molecule has 0 aliphatic heterocycles. The Bertz CT molecular complexity index is 1530. The molecule has 0 fully saturated rings. The van der Waals surface area contributed by atoms with E-state index in [4.69, 9.17) is 18.3 Å². The highest BCUT2D eigenvalue weighted by molar-refractivity contribution is 9.10. The van der Waals surface area contributed by atoms with Crippen molar-refractivity contribution >= 4 is 43.8 Å². The summed E-state index contributed by atoms with van der Waals surface area (Å²) < 4.78 is 22.7. The molecule has 0 unspecified atom stereocenters. The Kier molecular flexibility index (Phi) is 5.03. The van der Waals surface area contributed by atoms with Gasteiger partial charge in [0, 0.05) is 15.9 Å². The molecule has 5 aromatic rings. The summed E-state index contributed by atoms with van der Waals surface area (Å²) in [6, 6.07) is 18.8. The van der Waals surface area contributed by atoms with Crippen LogP contribution in [0, 0.1) is 0 Å². The van der Waals surface area contributed by atoms with Crippen LogP contribution in [0.3, 0.4) is 0 Å². The third kappa shape index (κ3) is 3.67. The van der Waals surface area contributed by atoms with Gasteiger partial charge in [0.25, 0.3) is 0 Å². The molecule has 2 heterocycles. The van der Waals surface area contributed by atoms with Crippen LogP contribution in [-0.2, 0) is 0 Å². The minimum absolute atomic E-state index is 0.0782. The summed E-state index contributed by atoms with van der Waals surface area (Å²) >= 11 is 3.39. The molecule has 0 atom stereocenters. The van der Waals surface area contributed by atoms with Gasteiger partial charge in [-0.1, -0.05) is 28.1 Å². The number of halogens is 1. The average Bonchev–Trinajstić information content (AvgIpc) is 3.23. The number of esters is 1. The van der Waals surface area contributed by atoms with Gasteiger partial charge in [0.05, 0.1) is 18.1 Å². The summed E-state index contributed by atoms with van der Waals surface area (Å²) in [5.41, 5.74) is 1.85. The van der Waals surface area contributed by atoms with Gasteiger partial charge >= 0.3 is 5.97 Å². The van der Waals surface area contributed by atoms with Crippen molar-refractivity contribution in [1.29, 1.82) is 0 Å². The number of hydrogen-bond acceptors (Lipinski definition) is 6. The molecule has 0 radical (unpaired) electrons. The fourth-order valence-corrected chi connectivity index (χ4v) is 3.79. The van der Waals surface area contributed by atoms with Crippen molar-refractivity contribution in [1.82, 2.24) is 0 Å². The lowest BCUT2D eigenvalue weighted by Gasteiger charge is -2.06. The molecular formula is C25H15BrO6. The highest BCUT2D eigenvalue weighted by atomic mass is 79.9. The van der Waals surface area contributed by atoms with Gasteiger partial charge in [0.15, 0.2) is 5.43 Å². The Morgan fingerprint density at radius 1 is 0.906 bits per heavy atom. The van der Waals surface area contributed by atoms with Gasteiger partial charge in [-0.05, 0) is 54.1 Å². The van der Waals surface area contributed by atoms with Gasteiger partial charge in [0.2, 0.25) is 5.76 Å². The number of ether oxygens (including phenoxy) is 2. The zero-order chi connectivity index (χ0) is 22.2. The molecule has 0 aliphatic rings. The average molecular weight is 491 g/mol. The quantitative estimate of drug-likeness (QED) is 0.220. The Balaban J connectivity index is 1.43. The van der Waals surface area contributed by atoms with E-state index < -0.39 is 5.97 Å². The monoisotopic (exact) mass is 490 g/mol. The maximum Gasteiger partial charge on any atom is 0.379 e. The molecule has 3 aromatic carbocycles. The Morgan fingerprint density at radius 2 is 1.69 bits per heavy atom. The molecule has 32 heavy (non-hydrogen) atoms. The number of fused-ring (bicyclic) bond motifs is 2. The van der Waals surface area contributed by atoms with E-state index in [1.807, 2.05) is 12.1 Å². The van der Waals surface area contributed by atoms with Gasteiger partial charge in [-0.2, -0.15) is 0 Å². The molecule has 0 N–H and O–H groups in total. The Labute approximate surface area is 190 Å². The van der Waals surface area contributed by atoms with Crippen molar-refractivity contribution in [3.05, 3.63) is 93.4 Å². The van der Waals surface area contributed by atoms with Crippen LogP contribution in [0.2, 0.25) is 0 Å². The van der Waals surface area contributed by atoms with Crippen molar-refractivity contribution in [2.45, 2.75) is 0 Å². The van der Waals surface area contributed by atoms with Crippen molar-refractivity contribution in [2.75, 3.05) is 7.11 Å². The summed E-state index contributed by atoms with van der Waals surface area (Å²) in [5, 5.41) is 1.16. The first-order valence-corrected chi connectivity index (χ1v) is 10.4. The molecule has 5 rings (SSSR count). The smallest absolute Gasteiger partial charge is 0.379 e. The van der Waals surface area contributed by atoms with Crippen molar-refractivity contribution < 1.29 is 23.1 Å². The standard InChI is InChI=1S/C25H15BrO6/c1-29-17-5-2-14(3-6-17)20-13-30-22-12-18(7-8-19(22)24(20)27)31-25(28)23-11-15-10-16(26)4-9-21(15)32-23/h2-13H,1H3. The number of hydrogen-bond donors (Lipinski definition) is 0. The molecule has 0 saturated heterocycles. The van der Waals surface area contributed by atoms with E-state index in [9.17, 15) is 9.59 Å². The number of furan rings is 1. The second kappa shape index (κ2) is 8.01.